The predicted molar refractivity (Wildman–Crippen MR) is 122 cm³/mol. The molecule has 0 saturated heterocycles. The molecule has 0 amide bonds. The molecule has 3 atom stereocenters. The maximum absolute atomic E-state index is 11.9. The van der Waals surface area contributed by atoms with Gasteiger partial charge in [0.05, 0.1) is 13.2 Å². The molecular formula is C25H34O4Si. The Balaban J connectivity index is 1.96. The minimum Gasteiger partial charge on any atom is -0.469 e. The van der Waals surface area contributed by atoms with E-state index in [0.29, 0.717) is 25.9 Å². The first kappa shape index (κ1) is 22.7. The second-order valence-electron chi connectivity index (χ2n) is 9.40. The Hall–Kier alpha value is -1.95. The summed E-state index contributed by atoms with van der Waals surface area (Å²) < 4.78 is 11.9. The van der Waals surface area contributed by atoms with Crippen molar-refractivity contribution in [1.29, 1.82) is 0 Å². The SMILES string of the molecule is COC(=O)C[C@@H]1C[C@@H](O)C[C@H]1CO[Si](c1ccccc1)(c1ccccc1)C(C)(C)C. The Bertz CT molecular complexity index is 777. The molecule has 1 N–H and O–H groups in total. The van der Waals surface area contributed by atoms with Gasteiger partial charge in [0.15, 0.2) is 0 Å². The highest BCUT2D eigenvalue weighted by Crippen LogP contribution is 2.40. The van der Waals surface area contributed by atoms with Crippen LogP contribution >= 0.6 is 0 Å². The number of carbonyl (C=O) groups is 1. The van der Waals surface area contributed by atoms with Gasteiger partial charge in [0.2, 0.25) is 0 Å². The van der Waals surface area contributed by atoms with Crippen molar-refractivity contribution in [3.63, 3.8) is 0 Å². The molecule has 0 bridgehead atoms. The van der Waals surface area contributed by atoms with Crippen LogP contribution in [0.4, 0.5) is 0 Å². The molecule has 0 aromatic heterocycles. The largest absolute Gasteiger partial charge is 0.469 e. The lowest BCUT2D eigenvalue weighted by atomic mass is 9.94. The smallest absolute Gasteiger partial charge is 0.305 e. The average molecular weight is 427 g/mol. The summed E-state index contributed by atoms with van der Waals surface area (Å²) in [6.45, 7) is 7.31. The van der Waals surface area contributed by atoms with Gasteiger partial charge in [-0.05, 0) is 40.1 Å². The van der Waals surface area contributed by atoms with Gasteiger partial charge in [0.25, 0.3) is 8.32 Å². The van der Waals surface area contributed by atoms with Gasteiger partial charge in [-0.15, -0.1) is 0 Å². The van der Waals surface area contributed by atoms with E-state index in [1.165, 1.54) is 17.5 Å². The van der Waals surface area contributed by atoms with Crippen LogP contribution < -0.4 is 10.4 Å². The lowest BCUT2D eigenvalue weighted by Crippen LogP contribution is -2.67. The van der Waals surface area contributed by atoms with E-state index in [1.54, 1.807) is 0 Å². The number of hydrogen-bond donors (Lipinski definition) is 1. The highest BCUT2D eigenvalue weighted by Gasteiger charge is 2.51. The zero-order valence-corrected chi connectivity index (χ0v) is 19.5. The number of aliphatic hydroxyl groups is 1. The molecule has 3 rings (SSSR count). The van der Waals surface area contributed by atoms with Crippen molar-refractivity contribution in [1.82, 2.24) is 0 Å². The van der Waals surface area contributed by atoms with Crippen molar-refractivity contribution >= 4 is 24.7 Å². The Labute approximate surface area is 181 Å². The van der Waals surface area contributed by atoms with E-state index in [-0.39, 0.29) is 28.9 Å². The Morgan fingerprint density at radius 3 is 1.93 bits per heavy atom. The van der Waals surface area contributed by atoms with Crippen LogP contribution in [0.5, 0.6) is 0 Å². The standard InChI is InChI=1S/C25H34O4Si/c1-25(2,3)30(22-11-7-5-8-12-22,23-13-9-6-10-14-23)29-18-20-16-21(26)15-19(20)17-24(27)28-4/h5-14,19-21,26H,15-18H2,1-4H3/t19-,20-,21+/m0/s1. The van der Waals surface area contributed by atoms with Crippen LogP contribution in [0.1, 0.15) is 40.0 Å². The third kappa shape index (κ3) is 4.69. The van der Waals surface area contributed by atoms with Gasteiger partial charge < -0.3 is 14.3 Å². The number of aliphatic hydroxyl groups excluding tert-OH is 1. The molecule has 0 heterocycles. The normalized spacial score (nSPS) is 22.1. The number of esters is 1. The molecular weight excluding hydrogens is 392 g/mol. The number of hydrogen-bond acceptors (Lipinski definition) is 4. The summed E-state index contributed by atoms with van der Waals surface area (Å²) in [4.78, 5) is 11.9. The van der Waals surface area contributed by atoms with E-state index in [1.807, 2.05) is 12.1 Å². The van der Waals surface area contributed by atoms with Gasteiger partial charge in [-0.1, -0.05) is 81.4 Å². The van der Waals surface area contributed by atoms with Gasteiger partial charge in [-0.25, -0.2) is 0 Å². The summed E-state index contributed by atoms with van der Waals surface area (Å²) >= 11 is 0. The minimum atomic E-state index is -2.61. The van der Waals surface area contributed by atoms with Crippen molar-refractivity contribution in [2.75, 3.05) is 13.7 Å². The highest BCUT2D eigenvalue weighted by molar-refractivity contribution is 6.99. The molecule has 1 saturated carbocycles. The second-order valence-corrected chi connectivity index (χ2v) is 13.7. The summed E-state index contributed by atoms with van der Waals surface area (Å²) in [5.74, 6) is 0.0102. The van der Waals surface area contributed by atoms with Crippen molar-refractivity contribution in [2.24, 2.45) is 11.8 Å². The van der Waals surface area contributed by atoms with Gasteiger partial charge in [0.1, 0.15) is 0 Å². The van der Waals surface area contributed by atoms with Gasteiger partial charge in [0, 0.05) is 13.0 Å². The van der Waals surface area contributed by atoms with E-state index >= 15 is 0 Å². The number of carbonyl (C=O) groups excluding carboxylic acids is 1. The van der Waals surface area contributed by atoms with Crippen LogP contribution in [0.15, 0.2) is 60.7 Å². The van der Waals surface area contributed by atoms with Gasteiger partial charge in [-0.2, -0.15) is 0 Å². The van der Waals surface area contributed by atoms with Crippen molar-refractivity contribution in [2.45, 2.75) is 51.2 Å². The summed E-state index contributed by atoms with van der Waals surface area (Å²) in [7, 11) is -1.20. The molecule has 1 fully saturated rings. The summed E-state index contributed by atoms with van der Waals surface area (Å²) in [6, 6.07) is 21.1. The molecule has 5 heteroatoms. The van der Waals surface area contributed by atoms with Crippen molar-refractivity contribution in [3.8, 4) is 0 Å². The first-order valence-corrected chi connectivity index (χ1v) is 12.7. The maximum atomic E-state index is 11.9. The fourth-order valence-corrected chi connectivity index (χ4v) is 9.54. The van der Waals surface area contributed by atoms with Gasteiger partial charge >= 0.3 is 5.97 Å². The van der Waals surface area contributed by atoms with Gasteiger partial charge in [-0.3, -0.25) is 4.79 Å². The molecule has 0 unspecified atom stereocenters. The number of rotatable bonds is 7. The third-order valence-corrected chi connectivity index (χ3v) is 11.4. The van der Waals surface area contributed by atoms with E-state index in [9.17, 15) is 9.90 Å². The number of ether oxygens (including phenoxy) is 1. The number of benzene rings is 2. The zero-order chi connectivity index (χ0) is 21.8. The third-order valence-electron chi connectivity index (χ3n) is 6.40. The summed E-state index contributed by atoms with van der Waals surface area (Å²) in [5.41, 5.74) is 0. The fourth-order valence-electron chi connectivity index (χ4n) is 4.93. The molecule has 1 aliphatic rings. The molecule has 4 nitrogen and oxygen atoms in total. The molecule has 2 aromatic rings. The molecule has 162 valence electrons. The summed E-state index contributed by atoms with van der Waals surface area (Å²) in [5, 5.41) is 12.7. The fraction of sp³-hybridized carbons (Fsp3) is 0.480. The molecule has 0 aliphatic heterocycles. The monoisotopic (exact) mass is 426 g/mol. The highest BCUT2D eigenvalue weighted by atomic mass is 28.4. The molecule has 0 radical (unpaired) electrons. The van der Waals surface area contributed by atoms with E-state index < -0.39 is 8.32 Å². The topological polar surface area (TPSA) is 55.8 Å². The zero-order valence-electron chi connectivity index (χ0n) is 18.5. The quantitative estimate of drug-likeness (QED) is 0.544. The lowest BCUT2D eigenvalue weighted by molar-refractivity contribution is -0.142. The molecule has 1 aliphatic carbocycles. The Morgan fingerprint density at radius 2 is 1.47 bits per heavy atom. The van der Waals surface area contributed by atoms with E-state index in [2.05, 4.69) is 69.3 Å². The van der Waals surface area contributed by atoms with Crippen LogP contribution in [0.3, 0.4) is 0 Å². The lowest BCUT2D eigenvalue weighted by Gasteiger charge is -2.43. The maximum Gasteiger partial charge on any atom is 0.305 e. The predicted octanol–water partition coefficient (Wildman–Crippen LogP) is 3.51. The van der Waals surface area contributed by atoms with Crippen LogP contribution in [0.25, 0.3) is 0 Å². The molecule has 2 aromatic carbocycles. The minimum absolute atomic E-state index is 0.0886. The molecule has 30 heavy (non-hydrogen) atoms. The average Bonchev–Trinajstić information content (AvgIpc) is 3.08. The van der Waals surface area contributed by atoms with Crippen LogP contribution in [0, 0.1) is 11.8 Å². The number of methoxy groups -OCH3 is 1. The summed E-state index contributed by atoms with van der Waals surface area (Å²) in [6.07, 6.45) is 1.25. The van der Waals surface area contributed by atoms with Crippen LogP contribution in [-0.4, -0.2) is 39.2 Å². The van der Waals surface area contributed by atoms with Crippen LogP contribution in [0.2, 0.25) is 5.04 Å². The van der Waals surface area contributed by atoms with Crippen LogP contribution in [-0.2, 0) is 14.0 Å². The first-order chi connectivity index (χ1) is 14.3. The van der Waals surface area contributed by atoms with Crippen molar-refractivity contribution in [3.05, 3.63) is 60.7 Å². The second kappa shape index (κ2) is 9.46. The Kier molecular flexibility index (Phi) is 7.16. The van der Waals surface area contributed by atoms with E-state index in [4.69, 9.17) is 9.16 Å². The first-order valence-electron chi connectivity index (χ1n) is 10.8. The Morgan fingerprint density at radius 1 is 0.967 bits per heavy atom. The molecule has 0 spiro atoms. The van der Waals surface area contributed by atoms with Crippen molar-refractivity contribution < 1.29 is 19.1 Å². The van der Waals surface area contributed by atoms with E-state index in [0.717, 1.165) is 0 Å².